The van der Waals surface area contributed by atoms with Gasteiger partial charge in [0.15, 0.2) is 18.1 Å². The molecule has 522 valence electrons. The molecule has 4 aliphatic rings. The standard InChI is InChI=1S/C63H68N14O17S5/c1-26(78)42-54(83)72-43(27(2)89-10)57-67-36(24-97-57)53(82)73-46-48-49(94-40-17-63(4,87)50(75(7)8)28(3)93-40)62(86)91-18-29-12-11-13-38-41(29)31(19-90-48)47(77(38)88)61(85)92-20-32(64-51(80)34-23-98-59(46)68-34)56-65-33(21-96-56)44-30(55-66-35(22-95-55)52(81)71-42)16-39(79)45(70-44)58-69-37(25-99-58)60(84)76(9)15-14-74(5)6/h11-13,16,21-26,28,32,40,42,46,48-50,78-79,87-88H,14-15,17-20H2,1-10H3,(H,64,80)(H,71,81)(H,72,83)(H,73,82)/b43-27+/t26-,28+,32+,40+,42+,46+,48+,49+,50-,63+/m1/s1. The van der Waals surface area contributed by atoms with Crippen molar-refractivity contribution in [3.63, 3.8) is 0 Å². The molecule has 31 nitrogen and oxygen atoms in total. The molecule has 12 bridgehead atoms. The normalized spacial score (nSPS) is 24.1. The number of esters is 2. The van der Waals surface area contributed by atoms with Crippen LogP contribution in [0.25, 0.3) is 49.3 Å². The van der Waals surface area contributed by atoms with Gasteiger partial charge in [-0.15, -0.1) is 56.7 Å². The molecule has 5 amide bonds. The van der Waals surface area contributed by atoms with Crippen LogP contribution >= 0.6 is 56.7 Å². The Morgan fingerprint density at radius 1 is 0.808 bits per heavy atom. The van der Waals surface area contributed by atoms with Crippen molar-refractivity contribution >= 4 is 115 Å². The molecule has 0 spiro atoms. The summed E-state index contributed by atoms with van der Waals surface area (Å²) in [6.45, 7) is 5.33. The largest absolute Gasteiger partial charge is 0.506 e. The van der Waals surface area contributed by atoms with Crippen molar-refractivity contribution in [3.05, 3.63) is 112 Å². The number of aromatic nitrogens is 7. The number of rotatable bonds is 10. The monoisotopic (exact) mass is 1450 g/mol. The summed E-state index contributed by atoms with van der Waals surface area (Å²) in [5, 5.41) is 66.1. The third-order valence-corrected chi connectivity index (χ3v) is 21.4. The van der Waals surface area contributed by atoms with Gasteiger partial charge in [-0.2, -0.15) is 4.73 Å². The lowest BCUT2D eigenvalue weighted by Gasteiger charge is -2.48. The van der Waals surface area contributed by atoms with Gasteiger partial charge >= 0.3 is 11.9 Å². The zero-order valence-corrected chi connectivity index (χ0v) is 58.8. The maximum absolute atomic E-state index is 15.2. The quantitative estimate of drug-likeness (QED) is 0.0518. The van der Waals surface area contributed by atoms with E-state index in [4.69, 9.17) is 43.4 Å². The number of ether oxygens (including phenoxy) is 6. The van der Waals surface area contributed by atoms with Gasteiger partial charge in [-0.05, 0) is 73.6 Å². The highest BCUT2D eigenvalue weighted by atomic mass is 32.1. The van der Waals surface area contributed by atoms with E-state index in [-0.39, 0.29) is 111 Å². The van der Waals surface area contributed by atoms with Crippen LogP contribution in [0.5, 0.6) is 5.75 Å². The van der Waals surface area contributed by atoms with Gasteiger partial charge in [-0.25, -0.2) is 39.5 Å². The number of carbonyl (C=O) groups is 7. The van der Waals surface area contributed by atoms with Gasteiger partial charge in [0.1, 0.15) is 120 Å². The zero-order valence-electron chi connectivity index (χ0n) is 54.7. The minimum absolute atomic E-state index is 0.00142. The number of fused-ring (bicyclic) bond motifs is 15. The lowest BCUT2D eigenvalue weighted by Crippen LogP contribution is -2.62. The molecular formula is C63H68N14O17S5. The summed E-state index contributed by atoms with van der Waals surface area (Å²) in [6.07, 6.45) is -7.47. The zero-order chi connectivity index (χ0) is 70.6. The van der Waals surface area contributed by atoms with Crippen LogP contribution in [0.4, 0.5) is 0 Å². The number of nitrogens with one attached hydrogen (secondary N) is 4. The Bertz CT molecular complexity index is 4510. The van der Waals surface area contributed by atoms with Crippen molar-refractivity contribution in [2.45, 2.75) is 108 Å². The van der Waals surface area contributed by atoms with Gasteiger partial charge in [0, 0.05) is 70.0 Å². The Balaban J connectivity index is 1.04. The fourth-order valence-corrected chi connectivity index (χ4v) is 16.3. The molecule has 10 atom stereocenters. The lowest BCUT2D eigenvalue weighted by molar-refractivity contribution is -0.280. The summed E-state index contributed by atoms with van der Waals surface area (Å²) in [5.41, 5.74) is -2.06. The molecule has 36 heteroatoms. The Labute approximate surface area is 584 Å². The van der Waals surface area contributed by atoms with Crippen LogP contribution < -0.4 is 21.3 Å². The average Bonchev–Trinajstić information content (AvgIpc) is 1.66. The minimum atomic E-state index is -1.90. The third-order valence-electron chi connectivity index (χ3n) is 17.0. The highest BCUT2D eigenvalue weighted by Crippen LogP contribution is 2.43. The molecule has 1 saturated heterocycles. The van der Waals surface area contributed by atoms with E-state index in [0.717, 1.165) is 56.7 Å². The van der Waals surface area contributed by atoms with Gasteiger partial charge in [0.05, 0.1) is 43.1 Å². The predicted octanol–water partition coefficient (Wildman–Crippen LogP) is 4.80. The topological polar surface area (TPSA) is 396 Å². The van der Waals surface area contributed by atoms with Crippen molar-refractivity contribution in [1.82, 2.24) is 70.6 Å². The number of carbonyl (C=O) groups excluding carboxylic acids is 7. The van der Waals surface area contributed by atoms with Gasteiger partial charge in [0.2, 0.25) is 5.91 Å². The Kier molecular flexibility index (Phi) is 20.1. The summed E-state index contributed by atoms with van der Waals surface area (Å²) in [7, 11) is 10.3. The van der Waals surface area contributed by atoms with Crippen LogP contribution in [0.15, 0.2) is 56.9 Å². The fourth-order valence-electron chi connectivity index (χ4n) is 12.1. The van der Waals surface area contributed by atoms with Crippen molar-refractivity contribution < 1.29 is 82.5 Å². The molecule has 1 fully saturated rings. The smallest absolute Gasteiger partial charge is 0.358 e. The highest BCUT2D eigenvalue weighted by Gasteiger charge is 2.50. The molecule has 8 N–H and O–H groups in total. The number of methoxy groups -OCH3 is 1. The van der Waals surface area contributed by atoms with Gasteiger partial charge in [0.25, 0.3) is 23.6 Å². The molecule has 8 aromatic rings. The molecule has 12 rings (SSSR count). The van der Waals surface area contributed by atoms with Crippen LogP contribution in [0, 0.1) is 0 Å². The predicted molar refractivity (Wildman–Crippen MR) is 360 cm³/mol. The number of aliphatic hydroxyl groups is 2. The van der Waals surface area contributed by atoms with E-state index in [2.05, 4.69) is 36.2 Å². The Morgan fingerprint density at radius 2 is 1.47 bits per heavy atom. The molecule has 0 unspecified atom stereocenters. The van der Waals surface area contributed by atoms with Crippen LogP contribution in [0.3, 0.4) is 0 Å². The summed E-state index contributed by atoms with van der Waals surface area (Å²) in [5.74, 6) is -6.54. The summed E-state index contributed by atoms with van der Waals surface area (Å²) in [4.78, 5) is 137. The van der Waals surface area contributed by atoms with Gasteiger partial charge < -0.3 is 84.9 Å². The van der Waals surface area contributed by atoms with Crippen LogP contribution in [0.2, 0.25) is 0 Å². The van der Waals surface area contributed by atoms with Gasteiger partial charge in [-0.3, -0.25) is 24.0 Å². The van der Waals surface area contributed by atoms with Crippen molar-refractivity contribution in [2.75, 3.05) is 62.0 Å². The third kappa shape index (κ3) is 14.1. The first kappa shape index (κ1) is 70.1. The number of nitrogens with zero attached hydrogens (tertiary/aromatic N) is 10. The molecule has 11 heterocycles. The van der Waals surface area contributed by atoms with E-state index in [1.807, 2.05) is 19.0 Å². The van der Waals surface area contributed by atoms with E-state index < -0.39 is 127 Å². The number of aliphatic hydroxyl groups excluding tert-OH is 1. The number of benzene rings is 1. The Morgan fingerprint density at radius 3 is 2.19 bits per heavy atom. The van der Waals surface area contributed by atoms with Crippen LogP contribution in [0.1, 0.15) is 125 Å². The maximum Gasteiger partial charge on any atom is 0.358 e. The van der Waals surface area contributed by atoms with Crippen molar-refractivity contribution in [1.29, 1.82) is 0 Å². The van der Waals surface area contributed by atoms with E-state index in [1.165, 1.54) is 59.5 Å². The number of cyclic esters (lactones) is 2. The number of aromatic hydroxyl groups is 1. The maximum atomic E-state index is 15.2. The minimum Gasteiger partial charge on any atom is -0.506 e. The number of amides is 5. The van der Waals surface area contributed by atoms with Crippen molar-refractivity contribution in [2.24, 2.45) is 0 Å². The SMILES string of the molecule is CO/C(C)=C1/NC(=O)[C@H]([C@@H](C)O)NC(=O)c2csc(n2)-c2cc(O)c(-c3nc(C(=O)N(C)CCN(C)C)cs3)nc2-c2csc(n2)[C@@H]2COC(=O)c3c4c5c(cccc5n3O)COC(=O)[C@@H](O[C@H]3C[C@](C)(O)[C@H](N(C)C)[C@H](C)O3)[C@@H](OC4)[C@H](NC(=O)c3csc1n3)c1nc(cs1)C(=O)N2. The van der Waals surface area contributed by atoms with E-state index >= 15 is 19.2 Å². The second-order valence-electron chi connectivity index (χ2n) is 24.6. The second-order valence-corrected chi connectivity index (χ2v) is 28.9. The van der Waals surface area contributed by atoms with E-state index in [9.17, 15) is 34.9 Å². The van der Waals surface area contributed by atoms with Crippen LogP contribution in [-0.4, -0.2) is 222 Å². The number of likely N-dealkylation sites (N-methyl/N-ethyl adjacent to an activating group) is 3. The van der Waals surface area contributed by atoms with E-state index in [1.54, 1.807) is 57.4 Å². The molecule has 99 heavy (non-hydrogen) atoms. The first-order chi connectivity index (χ1) is 47.2. The van der Waals surface area contributed by atoms with E-state index in [0.29, 0.717) is 23.4 Å². The second kappa shape index (κ2) is 28.4. The average molecular weight is 1450 g/mol. The molecule has 7 aromatic heterocycles. The molecule has 0 radical (unpaired) electrons. The number of thiazole rings is 5. The van der Waals surface area contributed by atoms with Gasteiger partial charge in [-0.1, -0.05) is 12.1 Å². The summed E-state index contributed by atoms with van der Waals surface area (Å²) < 4.78 is 38.3. The molecule has 1 aromatic carbocycles. The molecule has 0 saturated carbocycles. The molecule has 0 aliphatic carbocycles. The molecular weight excluding hydrogens is 1390 g/mol. The lowest BCUT2D eigenvalue weighted by atomic mass is 9.85. The summed E-state index contributed by atoms with van der Waals surface area (Å²) in [6, 6.07) is 0.856. The summed E-state index contributed by atoms with van der Waals surface area (Å²) >= 11 is 4.75. The fraction of sp³-hybridized carbons (Fsp3) is 0.413. The number of pyridine rings is 1. The Hall–Kier alpha value is -8.79. The number of allylic oxidation sites excluding steroid dienone is 1. The van der Waals surface area contributed by atoms with Crippen molar-refractivity contribution in [3.8, 4) is 38.4 Å². The first-order valence-corrected chi connectivity index (χ1v) is 35.2. The number of hydrogen-bond donors (Lipinski definition) is 8. The highest BCUT2D eigenvalue weighted by molar-refractivity contribution is 7.14. The first-order valence-electron chi connectivity index (χ1n) is 30.8. The molecule has 4 aliphatic heterocycles. The van der Waals surface area contributed by atoms with Crippen LogP contribution in [-0.2, 0) is 51.2 Å². The number of hydrogen-bond acceptors (Lipinski definition) is 30.